The van der Waals surface area contributed by atoms with Gasteiger partial charge in [-0.3, -0.25) is 4.72 Å². The van der Waals surface area contributed by atoms with E-state index in [0.29, 0.717) is 17.3 Å². The van der Waals surface area contributed by atoms with Gasteiger partial charge in [0.25, 0.3) is 10.0 Å². The molecule has 2 rings (SSSR count). The van der Waals surface area contributed by atoms with Gasteiger partial charge in [0.05, 0.1) is 17.7 Å². The van der Waals surface area contributed by atoms with E-state index in [9.17, 15) is 8.42 Å². The Labute approximate surface area is 137 Å². The number of ether oxygens (including phenoxy) is 1. The van der Waals surface area contributed by atoms with E-state index in [2.05, 4.69) is 9.82 Å². The number of sulfonamides is 1. The summed E-state index contributed by atoms with van der Waals surface area (Å²) >= 11 is 0. The quantitative estimate of drug-likeness (QED) is 0.931. The van der Waals surface area contributed by atoms with Crippen molar-refractivity contribution < 1.29 is 13.2 Å². The summed E-state index contributed by atoms with van der Waals surface area (Å²) in [4.78, 5) is 0.262. The van der Waals surface area contributed by atoms with Gasteiger partial charge in [0.15, 0.2) is 0 Å². The minimum absolute atomic E-state index is 0.262. The number of benzene rings is 1. The molecule has 1 N–H and O–H groups in total. The molecule has 7 heteroatoms. The van der Waals surface area contributed by atoms with E-state index in [1.165, 1.54) is 11.8 Å². The number of anilines is 1. The van der Waals surface area contributed by atoms with Crippen LogP contribution in [-0.4, -0.2) is 25.3 Å². The summed E-state index contributed by atoms with van der Waals surface area (Å²) < 4.78 is 35.2. The lowest BCUT2D eigenvalue weighted by Crippen LogP contribution is -2.21. The smallest absolute Gasteiger partial charge is 0.262 e. The number of aryl methyl sites for hydroxylation is 2. The van der Waals surface area contributed by atoms with Crippen LogP contribution in [0.1, 0.15) is 32.0 Å². The van der Waals surface area contributed by atoms with Crippen LogP contribution in [0, 0.1) is 6.92 Å². The van der Waals surface area contributed by atoms with Crippen molar-refractivity contribution in [3.63, 3.8) is 0 Å². The monoisotopic (exact) mass is 337 g/mol. The van der Waals surface area contributed by atoms with Crippen LogP contribution >= 0.6 is 0 Å². The zero-order chi connectivity index (χ0) is 17.4. The minimum atomic E-state index is -3.75. The van der Waals surface area contributed by atoms with Gasteiger partial charge in [-0.05, 0) is 24.0 Å². The molecule has 1 aromatic heterocycles. The van der Waals surface area contributed by atoms with Crippen LogP contribution in [0.5, 0.6) is 5.88 Å². The molecule has 0 saturated heterocycles. The molecule has 23 heavy (non-hydrogen) atoms. The largest absolute Gasteiger partial charge is 0.480 e. The highest BCUT2D eigenvalue weighted by Gasteiger charge is 2.27. The lowest BCUT2D eigenvalue weighted by atomic mass is 9.87. The third kappa shape index (κ3) is 3.34. The van der Waals surface area contributed by atoms with E-state index in [1.54, 1.807) is 26.1 Å². The van der Waals surface area contributed by atoms with Crippen molar-refractivity contribution in [2.24, 2.45) is 7.05 Å². The number of hydrogen-bond donors (Lipinski definition) is 1. The van der Waals surface area contributed by atoms with Crippen molar-refractivity contribution in [2.75, 3.05) is 11.8 Å². The third-order valence-electron chi connectivity index (χ3n) is 3.58. The molecule has 0 radical (unpaired) electrons. The molecule has 0 aliphatic rings. The molecule has 2 aromatic rings. The maximum Gasteiger partial charge on any atom is 0.262 e. The van der Waals surface area contributed by atoms with Crippen molar-refractivity contribution >= 4 is 15.7 Å². The molecule has 0 aliphatic carbocycles. The van der Waals surface area contributed by atoms with Gasteiger partial charge in [0.2, 0.25) is 5.88 Å². The van der Waals surface area contributed by atoms with Gasteiger partial charge >= 0.3 is 0 Å². The molecule has 0 aliphatic heterocycles. The van der Waals surface area contributed by atoms with Crippen LogP contribution in [0.2, 0.25) is 0 Å². The number of nitrogens with one attached hydrogen (secondary N) is 1. The third-order valence-corrected chi connectivity index (χ3v) is 4.99. The first-order valence-electron chi connectivity index (χ1n) is 7.28. The fourth-order valence-corrected chi connectivity index (χ4v) is 4.03. The first kappa shape index (κ1) is 17.3. The van der Waals surface area contributed by atoms with Crippen LogP contribution in [0.4, 0.5) is 5.69 Å². The molecule has 0 amide bonds. The van der Waals surface area contributed by atoms with Gasteiger partial charge in [-0.25, -0.2) is 13.1 Å². The number of nitrogens with zero attached hydrogens (tertiary/aromatic N) is 2. The summed E-state index contributed by atoms with van der Waals surface area (Å²) in [6.07, 6.45) is 0. The Morgan fingerprint density at radius 2 is 1.83 bits per heavy atom. The minimum Gasteiger partial charge on any atom is -0.480 e. The average Bonchev–Trinajstić information content (AvgIpc) is 2.71. The van der Waals surface area contributed by atoms with Crippen molar-refractivity contribution in [2.45, 2.75) is 38.0 Å². The van der Waals surface area contributed by atoms with Crippen molar-refractivity contribution in [1.29, 1.82) is 0 Å². The van der Waals surface area contributed by atoms with Gasteiger partial charge < -0.3 is 4.74 Å². The van der Waals surface area contributed by atoms with Gasteiger partial charge in [0, 0.05) is 7.05 Å². The Kier molecular flexibility index (Phi) is 4.43. The first-order valence-corrected chi connectivity index (χ1v) is 8.76. The highest BCUT2D eigenvalue weighted by Crippen LogP contribution is 2.33. The van der Waals surface area contributed by atoms with E-state index in [0.717, 1.165) is 5.56 Å². The zero-order valence-corrected chi connectivity index (χ0v) is 15.2. The molecule has 0 fully saturated rings. The van der Waals surface area contributed by atoms with Crippen molar-refractivity contribution in [1.82, 2.24) is 9.78 Å². The highest BCUT2D eigenvalue weighted by atomic mass is 32.2. The summed E-state index contributed by atoms with van der Waals surface area (Å²) in [7, 11) is -0.568. The Morgan fingerprint density at radius 1 is 1.22 bits per heavy atom. The molecule has 0 saturated carbocycles. The van der Waals surface area contributed by atoms with Gasteiger partial charge in [0.1, 0.15) is 5.69 Å². The van der Waals surface area contributed by atoms with E-state index in [1.807, 2.05) is 32.9 Å². The SMILES string of the molecule is COc1c(NS(=O)(=O)c2ccccc2C(C)(C)C)c(C)nn1C. The predicted molar refractivity (Wildman–Crippen MR) is 90.4 cm³/mol. The highest BCUT2D eigenvalue weighted by molar-refractivity contribution is 7.92. The lowest BCUT2D eigenvalue weighted by molar-refractivity contribution is 0.375. The molecular formula is C16H23N3O3S. The van der Waals surface area contributed by atoms with Crippen LogP contribution in [0.15, 0.2) is 29.2 Å². The van der Waals surface area contributed by atoms with Crippen molar-refractivity contribution in [3.05, 3.63) is 35.5 Å². The van der Waals surface area contributed by atoms with Crippen LogP contribution < -0.4 is 9.46 Å². The van der Waals surface area contributed by atoms with E-state index >= 15 is 0 Å². The molecule has 1 aromatic carbocycles. The summed E-state index contributed by atoms with van der Waals surface area (Å²) in [6.45, 7) is 7.68. The first-order chi connectivity index (χ1) is 10.6. The van der Waals surface area contributed by atoms with Crippen molar-refractivity contribution in [3.8, 4) is 5.88 Å². The van der Waals surface area contributed by atoms with E-state index < -0.39 is 10.0 Å². The lowest BCUT2D eigenvalue weighted by Gasteiger charge is -2.23. The average molecular weight is 337 g/mol. The second-order valence-corrected chi connectivity index (χ2v) is 8.10. The van der Waals surface area contributed by atoms with Gasteiger partial charge in [-0.15, -0.1) is 0 Å². The molecular weight excluding hydrogens is 314 g/mol. The fourth-order valence-electron chi connectivity index (χ4n) is 2.50. The Balaban J connectivity index is 2.54. The molecule has 0 atom stereocenters. The van der Waals surface area contributed by atoms with Gasteiger partial charge in [-0.1, -0.05) is 39.0 Å². The van der Waals surface area contributed by atoms with Gasteiger partial charge in [-0.2, -0.15) is 5.10 Å². The van der Waals surface area contributed by atoms with E-state index in [4.69, 9.17) is 4.74 Å². The Bertz CT molecular complexity index is 818. The Morgan fingerprint density at radius 3 is 2.39 bits per heavy atom. The normalized spacial score (nSPS) is 12.3. The summed E-state index contributed by atoms with van der Waals surface area (Å²) in [5, 5.41) is 4.20. The van der Waals surface area contributed by atoms with Crippen LogP contribution in [0.3, 0.4) is 0 Å². The number of methoxy groups -OCH3 is 1. The molecule has 1 heterocycles. The Hall–Kier alpha value is -2.02. The molecule has 0 spiro atoms. The number of aromatic nitrogens is 2. The maximum atomic E-state index is 12.9. The molecule has 126 valence electrons. The second kappa shape index (κ2) is 5.88. The topological polar surface area (TPSA) is 73.2 Å². The summed E-state index contributed by atoms with van der Waals surface area (Å²) in [5.41, 5.74) is 1.38. The standard InChI is InChI=1S/C16H23N3O3S/c1-11-14(15(22-6)19(5)17-11)18-23(20,21)13-10-8-7-9-12(13)16(2,3)4/h7-10,18H,1-6H3. The summed E-state index contributed by atoms with van der Waals surface area (Å²) in [6, 6.07) is 7.01. The number of rotatable bonds is 4. The number of hydrogen-bond acceptors (Lipinski definition) is 4. The predicted octanol–water partition coefficient (Wildman–Crippen LogP) is 2.84. The fraction of sp³-hybridized carbons (Fsp3) is 0.438. The molecule has 6 nitrogen and oxygen atoms in total. The second-order valence-electron chi connectivity index (χ2n) is 6.44. The summed E-state index contributed by atoms with van der Waals surface area (Å²) in [5.74, 6) is 0.374. The maximum absolute atomic E-state index is 12.9. The van der Waals surface area contributed by atoms with Crippen LogP contribution in [-0.2, 0) is 22.5 Å². The molecule has 0 unspecified atom stereocenters. The van der Waals surface area contributed by atoms with Crippen LogP contribution in [0.25, 0.3) is 0 Å². The molecule has 0 bridgehead atoms. The zero-order valence-electron chi connectivity index (χ0n) is 14.3. The van der Waals surface area contributed by atoms with E-state index in [-0.39, 0.29) is 10.3 Å².